The van der Waals surface area contributed by atoms with Gasteiger partial charge < -0.3 is 15.0 Å². The maximum atomic E-state index is 13.1. The van der Waals surface area contributed by atoms with Crippen molar-refractivity contribution in [1.82, 2.24) is 14.8 Å². The molecule has 0 atom stereocenters. The van der Waals surface area contributed by atoms with E-state index in [2.05, 4.69) is 15.2 Å². The van der Waals surface area contributed by atoms with Crippen LogP contribution in [0.2, 0.25) is 0 Å². The number of carbonyl (C=O) groups is 1. The Morgan fingerprint density at radius 1 is 1.10 bits per heavy atom. The molecule has 0 spiro atoms. The number of rotatable bonds is 6. The van der Waals surface area contributed by atoms with Gasteiger partial charge in [0.25, 0.3) is 0 Å². The van der Waals surface area contributed by atoms with Crippen LogP contribution in [0.15, 0.2) is 53.9 Å². The summed E-state index contributed by atoms with van der Waals surface area (Å²) in [6, 6.07) is 13.7. The van der Waals surface area contributed by atoms with Crippen molar-refractivity contribution in [2.75, 3.05) is 38.1 Å². The number of carbonyl (C=O) groups excluding carboxylic acids is 1. The fourth-order valence-corrected chi connectivity index (χ4v) is 4.29. The van der Waals surface area contributed by atoms with Gasteiger partial charge in [0, 0.05) is 42.8 Å². The highest BCUT2D eigenvalue weighted by atomic mass is 32.1. The zero-order valence-corrected chi connectivity index (χ0v) is 18.2. The lowest BCUT2D eigenvalue weighted by molar-refractivity contribution is 0.143. The Bertz CT molecular complexity index is 999. The molecule has 2 heterocycles. The molecular formula is C23H25FN4O2S. The van der Waals surface area contributed by atoms with Crippen molar-refractivity contribution in [3.05, 3.63) is 64.7 Å². The number of aromatic nitrogens is 1. The van der Waals surface area contributed by atoms with Crippen molar-refractivity contribution >= 4 is 23.1 Å². The fraction of sp³-hybridized carbons (Fsp3) is 0.304. The minimum atomic E-state index is -0.247. The lowest BCUT2D eigenvalue weighted by Crippen LogP contribution is -2.49. The summed E-state index contributed by atoms with van der Waals surface area (Å²) in [5, 5.41) is 5.97. The van der Waals surface area contributed by atoms with Crippen LogP contribution >= 0.6 is 11.3 Å². The van der Waals surface area contributed by atoms with Crippen molar-refractivity contribution in [3.63, 3.8) is 0 Å². The molecule has 4 rings (SSSR count). The third kappa shape index (κ3) is 5.59. The first-order chi connectivity index (χ1) is 15.1. The first-order valence-electron chi connectivity index (χ1n) is 10.3. The zero-order chi connectivity index (χ0) is 21.6. The predicted octanol–water partition coefficient (Wildman–Crippen LogP) is 4.70. The van der Waals surface area contributed by atoms with E-state index in [0.29, 0.717) is 19.7 Å². The number of halogens is 1. The highest BCUT2D eigenvalue weighted by molar-refractivity contribution is 7.09. The quantitative estimate of drug-likeness (QED) is 0.604. The number of urea groups is 1. The lowest BCUT2D eigenvalue weighted by atomic mass is 10.2. The van der Waals surface area contributed by atoms with Crippen LogP contribution in [0.4, 0.5) is 14.9 Å². The van der Waals surface area contributed by atoms with E-state index in [1.165, 1.54) is 12.1 Å². The van der Waals surface area contributed by atoms with Crippen LogP contribution in [-0.2, 0) is 6.54 Å². The molecule has 1 fully saturated rings. The van der Waals surface area contributed by atoms with Gasteiger partial charge in [-0.05, 0) is 55.5 Å². The fourth-order valence-electron chi connectivity index (χ4n) is 3.44. The van der Waals surface area contributed by atoms with Gasteiger partial charge in [0.2, 0.25) is 0 Å². The maximum absolute atomic E-state index is 13.1. The molecule has 0 aliphatic carbocycles. The molecule has 0 unspecified atom stereocenters. The second-order valence-corrected chi connectivity index (χ2v) is 8.23. The van der Waals surface area contributed by atoms with E-state index in [-0.39, 0.29) is 11.8 Å². The second-order valence-electron chi connectivity index (χ2n) is 7.28. The summed E-state index contributed by atoms with van der Waals surface area (Å²) in [5.41, 5.74) is 2.54. The topological polar surface area (TPSA) is 57.7 Å². The van der Waals surface area contributed by atoms with Gasteiger partial charge in [0.1, 0.15) is 16.6 Å². The van der Waals surface area contributed by atoms with E-state index in [0.717, 1.165) is 47.3 Å². The second kappa shape index (κ2) is 9.89. The molecule has 0 radical (unpaired) electrons. The number of benzene rings is 2. The van der Waals surface area contributed by atoms with Crippen molar-refractivity contribution < 1.29 is 13.9 Å². The average Bonchev–Trinajstić information content (AvgIpc) is 3.25. The molecule has 6 nitrogen and oxygen atoms in total. The van der Waals surface area contributed by atoms with E-state index in [9.17, 15) is 9.18 Å². The van der Waals surface area contributed by atoms with Gasteiger partial charge in [0.05, 0.1) is 18.8 Å². The number of hydrogen-bond acceptors (Lipinski definition) is 5. The summed E-state index contributed by atoms with van der Waals surface area (Å²) in [7, 11) is 0. The molecule has 3 aromatic rings. The van der Waals surface area contributed by atoms with E-state index in [1.807, 2.05) is 41.5 Å². The molecule has 1 aliphatic rings. The largest absolute Gasteiger partial charge is 0.494 e. The highest BCUT2D eigenvalue weighted by Gasteiger charge is 2.22. The van der Waals surface area contributed by atoms with Crippen LogP contribution in [-0.4, -0.2) is 53.6 Å². The van der Waals surface area contributed by atoms with Gasteiger partial charge in [-0.3, -0.25) is 4.90 Å². The number of piperazine rings is 1. The summed E-state index contributed by atoms with van der Waals surface area (Å²) in [6.07, 6.45) is 0. The molecule has 8 heteroatoms. The number of amides is 2. The van der Waals surface area contributed by atoms with Crippen LogP contribution < -0.4 is 10.1 Å². The summed E-state index contributed by atoms with van der Waals surface area (Å²) in [6.45, 7) is 6.22. The van der Waals surface area contributed by atoms with Crippen LogP contribution in [0.3, 0.4) is 0 Å². The third-order valence-electron chi connectivity index (χ3n) is 5.13. The standard InChI is InChI=1S/C23H25FN4O2S/c1-2-30-20-9-7-19(8-10-20)25-23(29)28-13-11-27(12-14-28)15-22-26-21(16-31-22)17-3-5-18(24)6-4-17/h3-10,16H,2,11-15H2,1H3,(H,25,29). The van der Waals surface area contributed by atoms with Crippen LogP contribution in [0.25, 0.3) is 11.3 Å². The third-order valence-corrected chi connectivity index (χ3v) is 5.96. The highest BCUT2D eigenvalue weighted by Crippen LogP contribution is 2.23. The molecule has 0 saturated carbocycles. The normalized spacial score (nSPS) is 14.5. The number of nitrogens with one attached hydrogen (secondary N) is 1. The zero-order valence-electron chi connectivity index (χ0n) is 17.4. The van der Waals surface area contributed by atoms with E-state index in [4.69, 9.17) is 4.74 Å². The SMILES string of the molecule is CCOc1ccc(NC(=O)N2CCN(Cc3nc(-c4ccc(F)cc4)cs3)CC2)cc1. The lowest BCUT2D eigenvalue weighted by Gasteiger charge is -2.34. The van der Waals surface area contributed by atoms with Gasteiger partial charge >= 0.3 is 6.03 Å². The Hall–Kier alpha value is -2.97. The Labute approximate surface area is 185 Å². The minimum Gasteiger partial charge on any atom is -0.494 e. The van der Waals surface area contributed by atoms with Crippen LogP contribution in [0.1, 0.15) is 11.9 Å². The number of nitrogens with zero attached hydrogens (tertiary/aromatic N) is 3. The van der Waals surface area contributed by atoms with Crippen LogP contribution in [0, 0.1) is 5.82 Å². The van der Waals surface area contributed by atoms with Gasteiger partial charge in [-0.15, -0.1) is 11.3 Å². The average molecular weight is 441 g/mol. The molecular weight excluding hydrogens is 415 g/mol. The molecule has 162 valence electrons. The first kappa shape index (κ1) is 21.3. The predicted molar refractivity (Wildman–Crippen MR) is 121 cm³/mol. The van der Waals surface area contributed by atoms with Crippen molar-refractivity contribution in [1.29, 1.82) is 0 Å². The molecule has 2 amide bonds. The smallest absolute Gasteiger partial charge is 0.321 e. The molecule has 31 heavy (non-hydrogen) atoms. The maximum Gasteiger partial charge on any atom is 0.321 e. The number of hydrogen-bond donors (Lipinski definition) is 1. The Kier molecular flexibility index (Phi) is 6.79. The summed E-state index contributed by atoms with van der Waals surface area (Å²) >= 11 is 1.61. The monoisotopic (exact) mass is 440 g/mol. The van der Waals surface area contributed by atoms with Gasteiger partial charge in [-0.1, -0.05) is 0 Å². The van der Waals surface area contributed by atoms with Gasteiger partial charge in [-0.2, -0.15) is 0 Å². The van der Waals surface area contributed by atoms with Crippen molar-refractivity contribution in [3.8, 4) is 17.0 Å². The van der Waals surface area contributed by atoms with E-state index in [1.54, 1.807) is 23.5 Å². The summed E-state index contributed by atoms with van der Waals surface area (Å²) in [4.78, 5) is 21.4. The van der Waals surface area contributed by atoms with Gasteiger partial charge in [-0.25, -0.2) is 14.2 Å². The van der Waals surface area contributed by atoms with Gasteiger partial charge in [0.15, 0.2) is 0 Å². The van der Waals surface area contributed by atoms with Crippen molar-refractivity contribution in [2.45, 2.75) is 13.5 Å². The summed E-state index contributed by atoms with van der Waals surface area (Å²) in [5.74, 6) is 0.544. The van der Waals surface area contributed by atoms with Crippen LogP contribution in [0.5, 0.6) is 5.75 Å². The van der Waals surface area contributed by atoms with E-state index >= 15 is 0 Å². The number of anilines is 1. The molecule has 1 N–H and O–H groups in total. The minimum absolute atomic E-state index is 0.0864. The van der Waals surface area contributed by atoms with Crippen molar-refractivity contribution in [2.24, 2.45) is 0 Å². The number of ether oxygens (including phenoxy) is 1. The summed E-state index contributed by atoms with van der Waals surface area (Å²) < 4.78 is 18.5. The Morgan fingerprint density at radius 2 is 1.81 bits per heavy atom. The Balaban J connectivity index is 1.26. The first-order valence-corrected chi connectivity index (χ1v) is 11.2. The molecule has 1 saturated heterocycles. The van der Waals surface area contributed by atoms with E-state index < -0.39 is 0 Å². The molecule has 2 aromatic carbocycles. The molecule has 0 bridgehead atoms. The molecule has 1 aromatic heterocycles. The molecule has 1 aliphatic heterocycles. The number of thiazole rings is 1. The Morgan fingerprint density at radius 3 is 2.48 bits per heavy atom.